The Labute approximate surface area is 107 Å². The van der Waals surface area contributed by atoms with Crippen LogP contribution in [0, 0.1) is 0 Å². The van der Waals surface area contributed by atoms with E-state index in [1.807, 2.05) is 0 Å². The van der Waals surface area contributed by atoms with Crippen LogP contribution in [0.4, 0.5) is 5.69 Å². The van der Waals surface area contributed by atoms with Gasteiger partial charge in [-0.05, 0) is 37.6 Å². The van der Waals surface area contributed by atoms with Gasteiger partial charge in [-0.3, -0.25) is 4.31 Å². The smallest absolute Gasteiger partial charge is 0.242 e. The Bertz CT molecular complexity index is 526. The molecule has 1 aromatic carbocycles. The van der Waals surface area contributed by atoms with E-state index < -0.39 is 14.8 Å². The lowest BCUT2D eigenvalue weighted by Crippen LogP contribution is -2.40. The zero-order chi connectivity index (χ0) is 13.4. The van der Waals surface area contributed by atoms with Crippen molar-refractivity contribution in [2.24, 2.45) is 0 Å². The van der Waals surface area contributed by atoms with E-state index in [9.17, 15) is 13.5 Å². The lowest BCUT2D eigenvalue weighted by molar-refractivity contribution is 0.249. The van der Waals surface area contributed by atoms with E-state index in [-0.39, 0.29) is 6.61 Å². The van der Waals surface area contributed by atoms with E-state index in [4.69, 9.17) is 4.74 Å². The highest BCUT2D eigenvalue weighted by atomic mass is 32.2. The van der Waals surface area contributed by atoms with Gasteiger partial charge in [0.25, 0.3) is 0 Å². The molecule has 1 atom stereocenters. The molecule has 0 aliphatic carbocycles. The average Bonchev–Trinajstić information content (AvgIpc) is 2.61. The lowest BCUT2D eigenvalue weighted by atomic mass is 10.1. The lowest BCUT2D eigenvalue weighted by Gasteiger charge is -2.23. The first-order chi connectivity index (χ1) is 8.44. The Morgan fingerprint density at radius 2 is 2.00 bits per heavy atom. The molecule has 0 spiro atoms. The number of methoxy groups -OCH3 is 1. The number of hydrogen-bond acceptors (Lipinski definition) is 4. The van der Waals surface area contributed by atoms with Crippen molar-refractivity contribution in [3.63, 3.8) is 0 Å². The maximum Gasteiger partial charge on any atom is 0.242 e. The summed E-state index contributed by atoms with van der Waals surface area (Å²) in [6.45, 7) is 1.61. The van der Waals surface area contributed by atoms with Crippen LogP contribution in [-0.2, 0) is 10.0 Å². The third-order valence-corrected chi connectivity index (χ3v) is 6.00. The largest absolute Gasteiger partial charge is 0.497 e. The normalized spacial score (nSPS) is 26.3. The van der Waals surface area contributed by atoms with E-state index in [1.54, 1.807) is 38.3 Å². The monoisotopic (exact) mass is 271 g/mol. The minimum Gasteiger partial charge on any atom is -0.497 e. The second-order valence-corrected chi connectivity index (χ2v) is 7.01. The number of hydrogen-bond donors (Lipinski definition) is 1. The van der Waals surface area contributed by atoms with Crippen LogP contribution >= 0.6 is 0 Å². The Balaban J connectivity index is 2.35. The molecule has 100 valence electrons. The fraction of sp³-hybridized carbons (Fsp3) is 0.500. The highest BCUT2D eigenvalue weighted by Crippen LogP contribution is 2.36. The summed E-state index contributed by atoms with van der Waals surface area (Å²) in [5, 5.41) is 9.28. The Morgan fingerprint density at radius 1 is 1.39 bits per heavy atom. The van der Waals surface area contributed by atoms with Crippen LogP contribution in [0.15, 0.2) is 24.3 Å². The molecule has 1 aliphatic heterocycles. The van der Waals surface area contributed by atoms with E-state index in [0.29, 0.717) is 24.4 Å². The van der Waals surface area contributed by atoms with Gasteiger partial charge in [-0.15, -0.1) is 0 Å². The number of aliphatic hydroxyl groups is 1. The maximum absolute atomic E-state index is 12.3. The van der Waals surface area contributed by atoms with E-state index in [1.165, 1.54) is 4.31 Å². The van der Waals surface area contributed by atoms with Crippen molar-refractivity contribution >= 4 is 15.7 Å². The molecule has 2 rings (SSSR count). The number of aliphatic hydroxyl groups excluding tert-OH is 1. The minimum atomic E-state index is -3.51. The zero-order valence-electron chi connectivity index (χ0n) is 10.5. The molecule has 1 saturated heterocycles. The Kier molecular flexibility index (Phi) is 3.25. The van der Waals surface area contributed by atoms with Crippen LogP contribution in [0.3, 0.4) is 0 Å². The van der Waals surface area contributed by atoms with Crippen molar-refractivity contribution < 1.29 is 18.3 Å². The number of rotatable bonds is 3. The van der Waals surface area contributed by atoms with Crippen LogP contribution < -0.4 is 9.04 Å². The van der Waals surface area contributed by atoms with Crippen LogP contribution in [0.2, 0.25) is 0 Å². The molecule has 0 amide bonds. The van der Waals surface area contributed by atoms with Gasteiger partial charge >= 0.3 is 0 Å². The molecule has 1 unspecified atom stereocenters. The average molecular weight is 271 g/mol. The Morgan fingerprint density at radius 3 is 2.44 bits per heavy atom. The Hall–Kier alpha value is -1.27. The van der Waals surface area contributed by atoms with Gasteiger partial charge in [0.1, 0.15) is 10.5 Å². The predicted octanol–water partition coefficient (Wildman–Crippen LogP) is 0.986. The van der Waals surface area contributed by atoms with Crippen molar-refractivity contribution in [2.45, 2.75) is 18.1 Å². The molecule has 1 N–H and O–H groups in total. The molecule has 5 nitrogen and oxygen atoms in total. The van der Waals surface area contributed by atoms with E-state index >= 15 is 0 Å². The van der Waals surface area contributed by atoms with Crippen molar-refractivity contribution in [1.29, 1.82) is 0 Å². The summed E-state index contributed by atoms with van der Waals surface area (Å²) in [6, 6.07) is 6.86. The van der Waals surface area contributed by atoms with Gasteiger partial charge in [0, 0.05) is 6.54 Å². The van der Waals surface area contributed by atoms with Crippen LogP contribution in [0.5, 0.6) is 5.75 Å². The summed E-state index contributed by atoms with van der Waals surface area (Å²) in [7, 11) is -1.95. The van der Waals surface area contributed by atoms with Gasteiger partial charge in [-0.25, -0.2) is 8.42 Å². The van der Waals surface area contributed by atoms with E-state index in [0.717, 1.165) is 0 Å². The maximum atomic E-state index is 12.3. The molecule has 0 bridgehead atoms. The number of ether oxygens (including phenoxy) is 1. The molecule has 0 radical (unpaired) electrons. The van der Waals surface area contributed by atoms with Crippen molar-refractivity contribution in [3.05, 3.63) is 24.3 Å². The van der Waals surface area contributed by atoms with Gasteiger partial charge in [0.2, 0.25) is 10.0 Å². The van der Waals surface area contributed by atoms with Crippen molar-refractivity contribution in [1.82, 2.24) is 0 Å². The van der Waals surface area contributed by atoms with Gasteiger partial charge < -0.3 is 9.84 Å². The van der Waals surface area contributed by atoms with Gasteiger partial charge in [-0.2, -0.15) is 0 Å². The standard InChI is InChI=1S/C12H17NO4S/c1-12(9-14)7-8-13(18(12,15)16)10-3-5-11(17-2)6-4-10/h3-6,14H,7-9H2,1-2H3. The highest BCUT2D eigenvalue weighted by molar-refractivity contribution is 7.94. The van der Waals surface area contributed by atoms with Crippen LogP contribution in [-0.4, -0.2) is 38.5 Å². The summed E-state index contributed by atoms with van der Waals surface area (Å²) < 4.78 is 30.0. The molecule has 1 aromatic rings. The second kappa shape index (κ2) is 4.44. The SMILES string of the molecule is COc1ccc(N2CCC(C)(CO)S2(=O)=O)cc1. The van der Waals surface area contributed by atoms with Crippen molar-refractivity contribution in [2.75, 3.05) is 24.6 Å². The van der Waals surface area contributed by atoms with Gasteiger partial charge in [-0.1, -0.05) is 0 Å². The zero-order valence-corrected chi connectivity index (χ0v) is 11.3. The summed E-state index contributed by atoms with van der Waals surface area (Å²) in [5.74, 6) is 0.681. The predicted molar refractivity (Wildman–Crippen MR) is 69.4 cm³/mol. The molecule has 1 aliphatic rings. The fourth-order valence-corrected chi connectivity index (χ4v) is 3.81. The molecule has 0 aromatic heterocycles. The summed E-state index contributed by atoms with van der Waals surface area (Å²) >= 11 is 0. The van der Waals surface area contributed by atoms with Gasteiger partial charge in [0.05, 0.1) is 19.4 Å². The molecule has 18 heavy (non-hydrogen) atoms. The molecule has 1 fully saturated rings. The fourth-order valence-electron chi connectivity index (χ4n) is 2.03. The first kappa shape index (κ1) is 13.2. The number of nitrogens with zero attached hydrogens (tertiary/aromatic N) is 1. The number of sulfonamides is 1. The summed E-state index contributed by atoms with van der Waals surface area (Å²) in [4.78, 5) is 0. The van der Waals surface area contributed by atoms with Crippen molar-refractivity contribution in [3.8, 4) is 5.75 Å². The van der Waals surface area contributed by atoms with Crippen LogP contribution in [0.25, 0.3) is 0 Å². The molecule has 6 heteroatoms. The minimum absolute atomic E-state index is 0.359. The van der Waals surface area contributed by atoms with E-state index in [2.05, 4.69) is 0 Å². The number of anilines is 1. The molecule has 0 saturated carbocycles. The highest BCUT2D eigenvalue weighted by Gasteiger charge is 2.48. The third-order valence-electron chi connectivity index (χ3n) is 3.45. The number of benzene rings is 1. The molecule has 1 heterocycles. The second-order valence-electron chi connectivity index (χ2n) is 4.63. The first-order valence-corrected chi connectivity index (χ1v) is 7.16. The van der Waals surface area contributed by atoms with Gasteiger partial charge in [0.15, 0.2) is 0 Å². The quantitative estimate of drug-likeness (QED) is 0.890. The van der Waals surface area contributed by atoms with Crippen LogP contribution in [0.1, 0.15) is 13.3 Å². The first-order valence-electron chi connectivity index (χ1n) is 5.72. The summed E-state index contributed by atoms with van der Waals surface area (Å²) in [5.41, 5.74) is 0.605. The molecular weight excluding hydrogens is 254 g/mol. The summed E-state index contributed by atoms with van der Waals surface area (Å²) in [6.07, 6.45) is 0.428. The molecular formula is C12H17NO4S. The third kappa shape index (κ3) is 1.85. The topological polar surface area (TPSA) is 66.8 Å².